The van der Waals surface area contributed by atoms with Crippen molar-refractivity contribution < 1.29 is 4.79 Å². The van der Waals surface area contributed by atoms with E-state index in [1.165, 1.54) is 0 Å². The molecular weight excluding hydrogens is 322 g/mol. The summed E-state index contributed by atoms with van der Waals surface area (Å²) in [4.78, 5) is 12.0. The van der Waals surface area contributed by atoms with Gasteiger partial charge in [0.2, 0.25) is 0 Å². The second kappa shape index (κ2) is 7.51. The standard InChI is InChI=1S/C15H19N9O/c1-3-23-10-17-20-14(23)8-9-16-15(25)18-12-4-6-13(7-5-12)24-11(2)19-21-22-24/h4-7,10H,3,8-9H2,1-2H3,(H2,16,18,25). The third kappa shape index (κ3) is 3.97. The van der Waals surface area contributed by atoms with Gasteiger partial charge in [0.1, 0.15) is 12.2 Å². The largest absolute Gasteiger partial charge is 0.337 e. The Hall–Kier alpha value is -3.30. The van der Waals surface area contributed by atoms with E-state index in [4.69, 9.17) is 0 Å². The molecule has 10 nitrogen and oxygen atoms in total. The predicted molar refractivity (Wildman–Crippen MR) is 90.3 cm³/mol. The lowest BCUT2D eigenvalue weighted by molar-refractivity contribution is 0.252. The fourth-order valence-electron chi connectivity index (χ4n) is 2.36. The highest BCUT2D eigenvalue weighted by Gasteiger charge is 2.06. The fourth-order valence-corrected chi connectivity index (χ4v) is 2.36. The minimum atomic E-state index is -0.270. The number of rotatable bonds is 6. The van der Waals surface area contributed by atoms with Gasteiger partial charge < -0.3 is 15.2 Å². The smallest absolute Gasteiger partial charge is 0.319 e. The van der Waals surface area contributed by atoms with Gasteiger partial charge in [-0.25, -0.2) is 4.79 Å². The Kier molecular flexibility index (Phi) is 4.97. The molecular formula is C15H19N9O. The van der Waals surface area contributed by atoms with Crippen molar-refractivity contribution in [3.05, 3.63) is 42.2 Å². The van der Waals surface area contributed by atoms with Crippen LogP contribution in [0.15, 0.2) is 30.6 Å². The number of hydrogen-bond donors (Lipinski definition) is 2. The van der Waals surface area contributed by atoms with Crippen molar-refractivity contribution in [2.24, 2.45) is 0 Å². The monoisotopic (exact) mass is 341 g/mol. The number of tetrazole rings is 1. The Morgan fingerprint density at radius 1 is 1.20 bits per heavy atom. The molecule has 0 radical (unpaired) electrons. The maximum Gasteiger partial charge on any atom is 0.319 e. The van der Waals surface area contributed by atoms with Crippen molar-refractivity contribution >= 4 is 11.7 Å². The van der Waals surface area contributed by atoms with Crippen molar-refractivity contribution in [2.45, 2.75) is 26.8 Å². The minimum Gasteiger partial charge on any atom is -0.337 e. The van der Waals surface area contributed by atoms with Crippen LogP contribution in [0.1, 0.15) is 18.6 Å². The van der Waals surface area contributed by atoms with Crippen molar-refractivity contribution in [2.75, 3.05) is 11.9 Å². The van der Waals surface area contributed by atoms with Crippen molar-refractivity contribution in [3.8, 4) is 5.69 Å². The number of amides is 2. The highest BCUT2D eigenvalue weighted by molar-refractivity contribution is 5.89. The number of nitrogens with one attached hydrogen (secondary N) is 2. The van der Waals surface area contributed by atoms with Gasteiger partial charge >= 0.3 is 6.03 Å². The lowest BCUT2D eigenvalue weighted by atomic mass is 10.3. The van der Waals surface area contributed by atoms with Gasteiger partial charge in [-0.05, 0) is 48.5 Å². The van der Waals surface area contributed by atoms with Gasteiger partial charge in [0.25, 0.3) is 0 Å². The number of carbonyl (C=O) groups is 1. The number of benzene rings is 1. The summed E-state index contributed by atoms with van der Waals surface area (Å²) in [5, 5.41) is 24.8. The molecule has 2 heterocycles. The third-order valence-electron chi connectivity index (χ3n) is 3.67. The summed E-state index contributed by atoms with van der Waals surface area (Å²) >= 11 is 0. The molecule has 0 spiro atoms. The van der Waals surface area contributed by atoms with E-state index in [2.05, 4.69) is 36.4 Å². The maximum atomic E-state index is 12.0. The molecule has 3 rings (SSSR count). The van der Waals surface area contributed by atoms with Crippen molar-refractivity contribution in [3.63, 3.8) is 0 Å². The molecule has 130 valence electrons. The Bertz CT molecular complexity index is 837. The Morgan fingerprint density at radius 3 is 2.68 bits per heavy atom. The van der Waals surface area contributed by atoms with Crippen LogP contribution in [0.2, 0.25) is 0 Å². The molecule has 0 bridgehead atoms. The Labute approximate surface area is 144 Å². The Morgan fingerprint density at radius 2 is 2.00 bits per heavy atom. The molecule has 25 heavy (non-hydrogen) atoms. The first-order valence-corrected chi connectivity index (χ1v) is 7.94. The molecule has 0 saturated heterocycles. The first-order chi connectivity index (χ1) is 12.2. The highest BCUT2D eigenvalue weighted by Crippen LogP contribution is 2.13. The molecule has 0 aliphatic rings. The zero-order chi connectivity index (χ0) is 17.6. The summed E-state index contributed by atoms with van der Waals surface area (Å²) in [6, 6.07) is 6.99. The van der Waals surface area contributed by atoms with E-state index in [1.54, 1.807) is 23.1 Å². The number of anilines is 1. The maximum absolute atomic E-state index is 12.0. The molecule has 0 unspecified atom stereocenters. The third-order valence-corrected chi connectivity index (χ3v) is 3.67. The zero-order valence-electron chi connectivity index (χ0n) is 14.0. The second-order valence-electron chi connectivity index (χ2n) is 5.35. The summed E-state index contributed by atoms with van der Waals surface area (Å²) in [5.74, 6) is 1.54. The quantitative estimate of drug-likeness (QED) is 0.689. The fraction of sp³-hybridized carbons (Fsp3) is 0.333. The SMILES string of the molecule is CCn1cnnc1CCNC(=O)Nc1ccc(-n2nnnc2C)cc1. The summed E-state index contributed by atoms with van der Waals surface area (Å²) in [7, 11) is 0. The first-order valence-electron chi connectivity index (χ1n) is 7.94. The number of hydrogen-bond acceptors (Lipinski definition) is 6. The number of nitrogens with zero attached hydrogens (tertiary/aromatic N) is 7. The van der Waals surface area contributed by atoms with Crippen molar-refractivity contribution in [1.82, 2.24) is 40.3 Å². The molecule has 0 fully saturated rings. The lowest BCUT2D eigenvalue weighted by Crippen LogP contribution is -2.30. The van der Waals surface area contributed by atoms with E-state index in [0.29, 0.717) is 24.5 Å². The van der Waals surface area contributed by atoms with Crippen LogP contribution in [0.3, 0.4) is 0 Å². The normalized spacial score (nSPS) is 10.6. The van der Waals surface area contributed by atoms with Crippen LogP contribution in [0.25, 0.3) is 5.69 Å². The second-order valence-corrected chi connectivity index (χ2v) is 5.35. The van der Waals surface area contributed by atoms with Gasteiger partial charge in [-0.3, -0.25) is 0 Å². The molecule has 0 atom stereocenters. The van der Waals surface area contributed by atoms with Crippen molar-refractivity contribution in [1.29, 1.82) is 0 Å². The molecule has 10 heteroatoms. The summed E-state index contributed by atoms with van der Waals surface area (Å²) in [5.41, 5.74) is 1.51. The first kappa shape index (κ1) is 16.6. The number of carbonyl (C=O) groups excluding carboxylic acids is 1. The molecule has 3 aromatic rings. The minimum absolute atomic E-state index is 0.270. The van der Waals surface area contributed by atoms with Gasteiger partial charge in [-0.15, -0.1) is 15.3 Å². The molecule has 2 N–H and O–H groups in total. The molecule has 0 aliphatic heterocycles. The van der Waals surface area contributed by atoms with Gasteiger partial charge in [-0.1, -0.05) is 0 Å². The van der Waals surface area contributed by atoms with Crippen LogP contribution in [0, 0.1) is 6.92 Å². The molecule has 1 aromatic carbocycles. The number of aromatic nitrogens is 7. The topological polar surface area (TPSA) is 115 Å². The van der Waals surface area contributed by atoms with E-state index >= 15 is 0 Å². The number of aryl methyl sites for hydroxylation is 2. The van der Waals surface area contributed by atoms with Crippen LogP contribution in [-0.2, 0) is 13.0 Å². The average molecular weight is 341 g/mol. The van der Waals surface area contributed by atoms with E-state index in [-0.39, 0.29) is 6.03 Å². The van der Waals surface area contributed by atoms with Gasteiger partial charge in [-0.2, -0.15) is 4.68 Å². The van der Waals surface area contributed by atoms with E-state index in [1.807, 2.05) is 30.5 Å². The zero-order valence-corrected chi connectivity index (χ0v) is 14.0. The lowest BCUT2D eigenvalue weighted by Gasteiger charge is -2.09. The van der Waals surface area contributed by atoms with Gasteiger partial charge in [0, 0.05) is 25.2 Å². The number of urea groups is 1. The summed E-state index contributed by atoms with van der Waals surface area (Å²) in [6.07, 6.45) is 2.31. The van der Waals surface area contributed by atoms with E-state index < -0.39 is 0 Å². The molecule has 2 amide bonds. The van der Waals surface area contributed by atoms with E-state index in [9.17, 15) is 4.79 Å². The highest BCUT2D eigenvalue weighted by atomic mass is 16.2. The van der Waals surface area contributed by atoms with Crippen LogP contribution in [-0.4, -0.2) is 47.5 Å². The molecule has 0 aliphatic carbocycles. The van der Waals surface area contributed by atoms with Crippen LogP contribution in [0.5, 0.6) is 0 Å². The van der Waals surface area contributed by atoms with E-state index in [0.717, 1.165) is 18.1 Å². The van der Waals surface area contributed by atoms with Gasteiger partial charge in [0.15, 0.2) is 5.82 Å². The van der Waals surface area contributed by atoms with Crippen LogP contribution >= 0.6 is 0 Å². The summed E-state index contributed by atoms with van der Waals surface area (Å²) < 4.78 is 3.56. The predicted octanol–water partition coefficient (Wildman–Crippen LogP) is 0.946. The molecule has 2 aromatic heterocycles. The summed E-state index contributed by atoms with van der Waals surface area (Å²) in [6.45, 7) is 5.13. The average Bonchev–Trinajstić information content (AvgIpc) is 3.24. The van der Waals surface area contributed by atoms with Gasteiger partial charge in [0.05, 0.1) is 5.69 Å². The Balaban J connectivity index is 1.50. The molecule has 0 saturated carbocycles. The van der Waals surface area contributed by atoms with Crippen LogP contribution in [0.4, 0.5) is 10.5 Å². The van der Waals surface area contributed by atoms with Crippen LogP contribution < -0.4 is 10.6 Å².